The molecular weight excluding hydrogens is 240 g/mol. The minimum absolute atomic E-state index is 0.00211. The van der Waals surface area contributed by atoms with E-state index in [0.717, 1.165) is 31.1 Å². The van der Waals surface area contributed by atoms with Gasteiger partial charge in [-0.2, -0.15) is 0 Å². The molecule has 18 heavy (non-hydrogen) atoms. The molecule has 2 N–H and O–H groups in total. The van der Waals surface area contributed by atoms with Crippen molar-refractivity contribution in [3.63, 3.8) is 0 Å². The van der Waals surface area contributed by atoms with E-state index < -0.39 is 0 Å². The van der Waals surface area contributed by atoms with Crippen LogP contribution < -0.4 is 5.73 Å². The Hall–Kier alpha value is -0.410. The molecule has 1 aromatic rings. The molecule has 1 aliphatic carbocycles. The third-order valence-corrected chi connectivity index (χ3v) is 5.62. The Morgan fingerprint density at radius 1 is 1.33 bits per heavy atom. The number of hydrogen-bond donors (Lipinski definition) is 1. The van der Waals surface area contributed by atoms with Crippen LogP contribution in [0.4, 0.5) is 0 Å². The number of thiazole rings is 1. The molecule has 2 rings (SSSR count). The Morgan fingerprint density at radius 2 is 1.94 bits per heavy atom. The lowest BCUT2D eigenvalue weighted by atomic mass is 9.72. The van der Waals surface area contributed by atoms with Crippen molar-refractivity contribution in [3.8, 4) is 0 Å². The van der Waals surface area contributed by atoms with Gasteiger partial charge in [0, 0.05) is 16.8 Å². The Kier molecular flexibility index (Phi) is 4.12. The second kappa shape index (κ2) is 5.30. The number of rotatable bonds is 3. The fourth-order valence-corrected chi connectivity index (χ4v) is 4.06. The maximum Gasteiger partial charge on any atom is 0.0949 e. The topological polar surface area (TPSA) is 38.9 Å². The van der Waals surface area contributed by atoms with Crippen LogP contribution in [0.25, 0.3) is 0 Å². The average molecular weight is 266 g/mol. The van der Waals surface area contributed by atoms with E-state index in [0.29, 0.717) is 0 Å². The molecule has 0 atom stereocenters. The Bertz CT molecular complexity index is 381. The van der Waals surface area contributed by atoms with Crippen LogP contribution in [0.2, 0.25) is 0 Å². The van der Waals surface area contributed by atoms with Crippen LogP contribution in [0, 0.1) is 25.7 Å². The van der Waals surface area contributed by atoms with Gasteiger partial charge in [0.2, 0.25) is 0 Å². The zero-order valence-corrected chi connectivity index (χ0v) is 12.9. The van der Waals surface area contributed by atoms with E-state index in [9.17, 15) is 0 Å². The molecule has 0 saturated heterocycles. The Morgan fingerprint density at radius 3 is 2.39 bits per heavy atom. The van der Waals surface area contributed by atoms with Gasteiger partial charge in [0.05, 0.1) is 10.7 Å². The molecule has 1 fully saturated rings. The van der Waals surface area contributed by atoms with Crippen molar-refractivity contribution >= 4 is 11.3 Å². The van der Waals surface area contributed by atoms with Crippen molar-refractivity contribution in [2.75, 3.05) is 0 Å². The average Bonchev–Trinajstić information content (AvgIpc) is 2.57. The zero-order valence-electron chi connectivity index (χ0n) is 12.1. The summed E-state index contributed by atoms with van der Waals surface area (Å²) in [5.74, 6) is 1.68. The summed E-state index contributed by atoms with van der Waals surface area (Å²) in [5.41, 5.74) is 7.76. The first-order valence-corrected chi connectivity index (χ1v) is 7.93. The summed E-state index contributed by atoms with van der Waals surface area (Å²) in [4.78, 5) is 5.98. The molecule has 0 bridgehead atoms. The van der Waals surface area contributed by atoms with Gasteiger partial charge < -0.3 is 5.73 Å². The van der Waals surface area contributed by atoms with Crippen molar-refractivity contribution < 1.29 is 0 Å². The van der Waals surface area contributed by atoms with Crippen LogP contribution in [0.3, 0.4) is 0 Å². The second-order valence-corrected chi connectivity index (χ2v) is 7.66. The van der Waals surface area contributed by atoms with Crippen molar-refractivity contribution in [2.45, 2.75) is 65.3 Å². The third-order valence-electron chi connectivity index (χ3n) is 4.54. The van der Waals surface area contributed by atoms with Gasteiger partial charge in [-0.25, -0.2) is 4.98 Å². The summed E-state index contributed by atoms with van der Waals surface area (Å²) in [6.07, 6.45) is 5.87. The molecule has 0 amide bonds. The molecule has 1 saturated carbocycles. The van der Waals surface area contributed by atoms with Gasteiger partial charge >= 0.3 is 0 Å². The maximum atomic E-state index is 6.58. The lowest BCUT2D eigenvalue weighted by Gasteiger charge is -2.38. The van der Waals surface area contributed by atoms with Crippen LogP contribution in [0.5, 0.6) is 0 Å². The van der Waals surface area contributed by atoms with E-state index in [4.69, 9.17) is 5.73 Å². The van der Waals surface area contributed by atoms with E-state index in [1.807, 2.05) is 11.3 Å². The summed E-state index contributed by atoms with van der Waals surface area (Å²) in [6.45, 7) is 8.91. The molecule has 102 valence electrons. The Labute approximate surface area is 115 Å². The summed E-state index contributed by atoms with van der Waals surface area (Å²) in [7, 11) is 0. The fraction of sp³-hybridized carbons (Fsp3) is 0.800. The molecule has 0 aliphatic heterocycles. The zero-order chi connectivity index (χ0) is 13.3. The van der Waals surface area contributed by atoms with Gasteiger partial charge in [0.15, 0.2) is 0 Å². The monoisotopic (exact) mass is 266 g/mol. The van der Waals surface area contributed by atoms with Crippen molar-refractivity contribution in [3.05, 3.63) is 15.6 Å². The highest BCUT2D eigenvalue weighted by Gasteiger charge is 2.33. The van der Waals surface area contributed by atoms with E-state index in [-0.39, 0.29) is 5.54 Å². The minimum Gasteiger partial charge on any atom is -0.325 e. The lowest BCUT2D eigenvalue weighted by molar-refractivity contribution is 0.194. The smallest absolute Gasteiger partial charge is 0.0949 e. The first-order chi connectivity index (χ1) is 8.39. The van der Waals surface area contributed by atoms with Gasteiger partial charge in [0.1, 0.15) is 0 Å². The maximum absolute atomic E-state index is 6.58. The Balaban J connectivity index is 1.97. The molecule has 1 aromatic heterocycles. The predicted octanol–water partition coefficient (Wildman–Crippen LogP) is 3.85. The van der Waals surface area contributed by atoms with Crippen LogP contribution >= 0.6 is 11.3 Å². The lowest BCUT2D eigenvalue weighted by Crippen LogP contribution is -2.45. The van der Waals surface area contributed by atoms with Gasteiger partial charge in [0.25, 0.3) is 0 Å². The van der Waals surface area contributed by atoms with Crippen LogP contribution in [0.1, 0.15) is 55.1 Å². The third kappa shape index (κ3) is 3.12. The molecule has 0 unspecified atom stereocenters. The SMILES string of the molecule is Cc1nc(CC2(N)CCC(C(C)C)CC2)sc1C. The number of aryl methyl sites for hydroxylation is 2. The van der Waals surface area contributed by atoms with Crippen molar-refractivity contribution in [1.82, 2.24) is 4.98 Å². The summed E-state index contributed by atoms with van der Waals surface area (Å²) < 4.78 is 0. The highest BCUT2D eigenvalue weighted by atomic mass is 32.1. The quantitative estimate of drug-likeness (QED) is 0.902. The molecule has 1 aliphatic rings. The van der Waals surface area contributed by atoms with Crippen LogP contribution in [-0.2, 0) is 6.42 Å². The van der Waals surface area contributed by atoms with Gasteiger partial charge in [-0.05, 0) is 51.4 Å². The standard InChI is InChI=1S/C15H26N2S/c1-10(2)13-5-7-15(16,8-6-13)9-14-17-11(3)12(4)18-14/h10,13H,5-9,16H2,1-4H3. The van der Waals surface area contributed by atoms with Gasteiger partial charge in [-0.15, -0.1) is 11.3 Å². The number of aromatic nitrogens is 1. The summed E-state index contributed by atoms with van der Waals surface area (Å²) in [6, 6.07) is 0. The number of nitrogens with zero attached hydrogens (tertiary/aromatic N) is 1. The van der Waals surface area contributed by atoms with E-state index in [2.05, 4.69) is 32.7 Å². The fourth-order valence-electron chi connectivity index (χ4n) is 2.97. The number of hydrogen-bond acceptors (Lipinski definition) is 3. The van der Waals surface area contributed by atoms with Gasteiger partial charge in [-0.1, -0.05) is 13.8 Å². The molecule has 0 aromatic carbocycles. The summed E-state index contributed by atoms with van der Waals surface area (Å²) >= 11 is 1.82. The normalized spacial score (nSPS) is 28.9. The molecule has 1 heterocycles. The van der Waals surface area contributed by atoms with Crippen LogP contribution in [0.15, 0.2) is 0 Å². The minimum atomic E-state index is 0.00211. The van der Waals surface area contributed by atoms with Gasteiger partial charge in [-0.3, -0.25) is 0 Å². The van der Waals surface area contributed by atoms with E-state index in [1.54, 1.807) is 0 Å². The first kappa shape index (κ1) is 14.0. The van der Waals surface area contributed by atoms with Crippen LogP contribution in [-0.4, -0.2) is 10.5 Å². The second-order valence-electron chi connectivity index (χ2n) is 6.37. The highest BCUT2D eigenvalue weighted by Crippen LogP contribution is 2.36. The summed E-state index contributed by atoms with van der Waals surface area (Å²) in [5, 5.41) is 1.23. The predicted molar refractivity (Wildman–Crippen MR) is 79.0 cm³/mol. The molecular formula is C15H26N2S. The molecule has 0 radical (unpaired) electrons. The van der Waals surface area contributed by atoms with Crippen molar-refractivity contribution in [1.29, 1.82) is 0 Å². The molecule has 0 spiro atoms. The first-order valence-electron chi connectivity index (χ1n) is 7.11. The van der Waals surface area contributed by atoms with E-state index >= 15 is 0 Å². The molecule has 3 heteroatoms. The molecule has 2 nitrogen and oxygen atoms in total. The van der Waals surface area contributed by atoms with Crippen molar-refractivity contribution in [2.24, 2.45) is 17.6 Å². The van der Waals surface area contributed by atoms with E-state index in [1.165, 1.54) is 28.4 Å². The number of nitrogens with two attached hydrogens (primary N) is 1. The largest absolute Gasteiger partial charge is 0.325 e. The highest BCUT2D eigenvalue weighted by molar-refractivity contribution is 7.11.